The Kier molecular flexibility index (Phi) is 8.27. The Morgan fingerprint density at radius 1 is 0.806 bits per heavy atom. The smallest absolute Gasteiger partial charge is 0.341 e. The first-order valence-corrected chi connectivity index (χ1v) is 9.17. The number of esters is 2. The predicted octanol–water partition coefficient (Wildman–Crippen LogP) is 3.40. The van der Waals surface area contributed by atoms with Crippen LogP contribution in [0.5, 0.6) is 11.5 Å². The molecule has 0 unspecified atom stereocenters. The molecule has 8 nitrogen and oxygen atoms in total. The molecule has 0 aliphatic rings. The monoisotopic (exact) mass is 424 g/mol. The van der Waals surface area contributed by atoms with Gasteiger partial charge in [0.2, 0.25) is 0 Å². The fourth-order valence-corrected chi connectivity index (χ4v) is 2.50. The lowest BCUT2D eigenvalue weighted by Gasteiger charge is -2.11. The van der Waals surface area contributed by atoms with Crippen LogP contribution in [-0.4, -0.2) is 31.3 Å². The summed E-state index contributed by atoms with van der Waals surface area (Å²) < 4.78 is 14.8. The zero-order chi connectivity index (χ0) is 22.8. The SMILES string of the molecule is COC(=O)c1ccc(N)cc1O.COC(=O)c1ccc(N)cc1OCc1ccccc1. The van der Waals surface area contributed by atoms with E-state index in [1.165, 1.54) is 32.4 Å². The molecular weight excluding hydrogens is 400 g/mol. The van der Waals surface area contributed by atoms with Crippen molar-refractivity contribution in [3.05, 3.63) is 83.4 Å². The van der Waals surface area contributed by atoms with Crippen molar-refractivity contribution in [1.82, 2.24) is 0 Å². The fourth-order valence-electron chi connectivity index (χ4n) is 2.50. The predicted molar refractivity (Wildman–Crippen MR) is 117 cm³/mol. The number of aromatic hydroxyl groups is 1. The van der Waals surface area contributed by atoms with Crippen LogP contribution in [0.1, 0.15) is 26.3 Å². The number of phenolic OH excluding ortho intramolecular Hbond substituents is 1. The van der Waals surface area contributed by atoms with E-state index in [1.807, 2.05) is 30.3 Å². The Morgan fingerprint density at radius 2 is 1.35 bits per heavy atom. The number of hydrogen-bond acceptors (Lipinski definition) is 8. The van der Waals surface area contributed by atoms with Gasteiger partial charge >= 0.3 is 11.9 Å². The summed E-state index contributed by atoms with van der Waals surface area (Å²) in [7, 11) is 2.58. The second-order valence-corrected chi connectivity index (χ2v) is 6.29. The molecule has 31 heavy (non-hydrogen) atoms. The van der Waals surface area contributed by atoms with Crippen molar-refractivity contribution in [2.45, 2.75) is 6.61 Å². The average Bonchev–Trinajstić information content (AvgIpc) is 2.78. The van der Waals surface area contributed by atoms with Gasteiger partial charge in [-0.15, -0.1) is 0 Å². The maximum absolute atomic E-state index is 11.6. The molecule has 162 valence electrons. The molecule has 0 aromatic heterocycles. The molecule has 5 N–H and O–H groups in total. The molecule has 0 spiro atoms. The number of phenols is 1. The number of rotatable bonds is 5. The molecule has 0 fully saturated rings. The summed E-state index contributed by atoms with van der Waals surface area (Å²) in [6.07, 6.45) is 0. The number of hydrogen-bond donors (Lipinski definition) is 3. The number of nitrogen functional groups attached to an aromatic ring is 2. The Balaban J connectivity index is 0.000000245. The molecule has 0 saturated heterocycles. The molecule has 0 saturated carbocycles. The number of carbonyl (C=O) groups is 2. The van der Waals surface area contributed by atoms with E-state index in [9.17, 15) is 14.7 Å². The highest BCUT2D eigenvalue weighted by molar-refractivity contribution is 5.93. The van der Waals surface area contributed by atoms with E-state index in [2.05, 4.69) is 4.74 Å². The third-order valence-corrected chi connectivity index (χ3v) is 4.08. The first kappa shape index (κ1) is 23.1. The first-order chi connectivity index (χ1) is 14.8. The van der Waals surface area contributed by atoms with Crippen molar-refractivity contribution in [2.75, 3.05) is 25.7 Å². The number of methoxy groups -OCH3 is 2. The second-order valence-electron chi connectivity index (χ2n) is 6.29. The molecule has 3 rings (SSSR count). The van der Waals surface area contributed by atoms with Gasteiger partial charge in [0.25, 0.3) is 0 Å². The molecule has 0 heterocycles. The number of benzene rings is 3. The molecule has 8 heteroatoms. The molecule has 3 aromatic rings. The topological polar surface area (TPSA) is 134 Å². The minimum atomic E-state index is -0.576. The van der Waals surface area contributed by atoms with E-state index in [0.717, 1.165) is 5.56 Å². The lowest BCUT2D eigenvalue weighted by Crippen LogP contribution is -2.06. The Labute approximate surface area is 180 Å². The van der Waals surface area contributed by atoms with Crippen LogP contribution < -0.4 is 16.2 Å². The lowest BCUT2D eigenvalue weighted by atomic mass is 10.2. The Hall–Kier alpha value is -4.20. The van der Waals surface area contributed by atoms with Crippen molar-refractivity contribution in [3.63, 3.8) is 0 Å². The molecule has 0 amide bonds. The van der Waals surface area contributed by atoms with E-state index in [0.29, 0.717) is 29.3 Å². The highest BCUT2D eigenvalue weighted by Gasteiger charge is 2.13. The molecule has 0 bridgehead atoms. The van der Waals surface area contributed by atoms with Crippen molar-refractivity contribution >= 4 is 23.3 Å². The second kappa shape index (κ2) is 11.1. The lowest BCUT2D eigenvalue weighted by molar-refractivity contribution is 0.0587. The highest BCUT2D eigenvalue weighted by atomic mass is 16.5. The average molecular weight is 424 g/mol. The van der Waals surface area contributed by atoms with Crippen LogP contribution in [0.25, 0.3) is 0 Å². The Morgan fingerprint density at radius 3 is 1.94 bits per heavy atom. The number of anilines is 2. The van der Waals surface area contributed by atoms with Gasteiger partial charge < -0.3 is 30.8 Å². The normalized spacial score (nSPS) is 9.74. The summed E-state index contributed by atoms with van der Waals surface area (Å²) in [4.78, 5) is 22.5. The van der Waals surface area contributed by atoms with Crippen LogP contribution in [0, 0.1) is 0 Å². The van der Waals surface area contributed by atoms with E-state index >= 15 is 0 Å². The maximum atomic E-state index is 11.6. The zero-order valence-electron chi connectivity index (χ0n) is 17.2. The summed E-state index contributed by atoms with van der Waals surface area (Å²) in [5, 5.41) is 9.21. The summed E-state index contributed by atoms with van der Waals surface area (Å²) in [6.45, 7) is 0.369. The van der Waals surface area contributed by atoms with Crippen LogP contribution in [0.4, 0.5) is 11.4 Å². The summed E-state index contributed by atoms with van der Waals surface area (Å²) >= 11 is 0. The minimum Gasteiger partial charge on any atom is -0.507 e. The third-order valence-electron chi connectivity index (χ3n) is 4.08. The number of nitrogens with two attached hydrogens (primary N) is 2. The minimum absolute atomic E-state index is 0.117. The first-order valence-electron chi connectivity index (χ1n) is 9.17. The molecular formula is C23H24N2O6. The van der Waals surface area contributed by atoms with Gasteiger partial charge in [0.15, 0.2) is 0 Å². The zero-order valence-corrected chi connectivity index (χ0v) is 17.2. The van der Waals surface area contributed by atoms with Crippen LogP contribution >= 0.6 is 0 Å². The van der Waals surface area contributed by atoms with Crippen LogP contribution in [-0.2, 0) is 16.1 Å². The van der Waals surface area contributed by atoms with E-state index in [-0.39, 0.29) is 11.3 Å². The van der Waals surface area contributed by atoms with Gasteiger partial charge in [0, 0.05) is 23.5 Å². The fraction of sp³-hybridized carbons (Fsp3) is 0.130. The summed E-state index contributed by atoms with van der Waals surface area (Å²) in [5.74, 6) is -0.756. The van der Waals surface area contributed by atoms with Crippen molar-refractivity contribution in [2.24, 2.45) is 0 Å². The number of carbonyl (C=O) groups excluding carboxylic acids is 2. The number of ether oxygens (including phenoxy) is 3. The van der Waals surface area contributed by atoms with Gasteiger partial charge in [-0.2, -0.15) is 0 Å². The third kappa shape index (κ3) is 6.67. The van der Waals surface area contributed by atoms with Gasteiger partial charge in [0.1, 0.15) is 29.2 Å². The van der Waals surface area contributed by atoms with Gasteiger partial charge in [-0.1, -0.05) is 30.3 Å². The summed E-state index contributed by atoms with van der Waals surface area (Å²) in [6, 6.07) is 18.8. The quantitative estimate of drug-likeness (QED) is 0.419. The standard InChI is InChI=1S/C15H15NO3.C8H9NO3/c1-18-15(17)13-8-7-12(16)9-14(13)19-10-11-5-3-2-4-6-11;1-12-8(11)6-3-2-5(9)4-7(6)10/h2-9H,10,16H2,1H3;2-4,10H,9H2,1H3. The van der Waals surface area contributed by atoms with Crippen molar-refractivity contribution < 1.29 is 28.9 Å². The largest absolute Gasteiger partial charge is 0.507 e. The molecule has 0 radical (unpaired) electrons. The molecule has 0 aliphatic heterocycles. The van der Waals surface area contributed by atoms with Gasteiger partial charge in [-0.3, -0.25) is 0 Å². The van der Waals surface area contributed by atoms with Gasteiger partial charge in [0.05, 0.1) is 14.2 Å². The van der Waals surface area contributed by atoms with Crippen molar-refractivity contribution in [1.29, 1.82) is 0 Å². The van der Waals surface area contributed by atoms with Gasteiger partial charge in [-0.05, 0) is 29.8 Å². The molecule has 3 aromatic carbocycles. The summed E-state index contributed by atoms with van der Waals surface area (Å²) in [5.41, 5.74) is 13.5. The van der Waals surface area contributed by atoms with E-state index in [4.69, 9.17) is 20.9 Å². The van der Waals surface area contributed by atoms with E-state index < -0.39 is 11.9 Å². The molecule has 0 atom stereocenters. The van der Waals surface area contributed by atoms with Crippen molar-refractivity contribution in [3.8, 4) is 11.5 Å². The highest BCUT2D eigenvalue weighted by Crippen LogP contribution is 2.24. The van der Waals surface area contributed by atoms with Crippen LogP contribution in [0.3, 0.4) is 0 Å². The van der Waals surface area contributed by atoms with Crippen LogP contribution in [0.15, 0.2) is 66.7 Å². The van der Waals surface area contributed by atoms with Crippen LogP contribution in [0.2, 0.25) is 0 Å². The maximum Gasteiger partial charge on any atom is 0.341 e. The van der Waals surface area contributed by atoms with E-state index in [1.54, 1.807) is 18.2 Å². The Bertz CT molecular complexity index is 1040. The molecule has 0 aliphatic carbocycles. The van der Waals surface area contributed by atoms with Gasteiger partial charge in [-0.25, -0.2) is 9.59 Å².